The summed E-state index contributed by atoms with van der Waals surface area (Å²) in [7, 11) is 0.858. The molecule has 10 heteroatoms. The van der Waals surface area contributed by atoms with Gasteiger partial charge in [-0.05, 0) is 0 Å². The summed E-state index contributed by atoms with van der Waals surface area (Å²) in [6.45, 7) is 0. The lowest BCUT2D eigenvalue weighted by Gasteiger charge is -2.18. The molecule has 0 aromatic carbocycles. The zero-order valence-corrected chi connectivity index (χ0v) is 9.43. The van der Waals surface area contributed by atoms with Gasteiger partial charge in [-0.25, -0.2) is 9.78 Å². The molecule has 0 aliphatic carbocycles. The topological polar surface area (TPSA) is 113 Å². The van der Waals surface area contributed by atoms with E-state index in [2.05, 4.69) is 9.72 Å². The Morgan fingerprint density at radius 1 is 1.47 bits per heavy atom. The van der Waals surface area contributed by atoms with Crippen molar-refractivity contribution in [3.63, 3.8) is 0 Å². The number of esters is 1. The van der Waals surface area contributed by atoms with Gasteiger partial charge in [0, 0.05) is 0 Å². The van der Waals surface area contributed by atoms with Crippen LogP contribution in [0.1, 0.15) is 17.4 Å². The van der Waals surface area contributed by atoms with Gasteiger partial charge in [-0.15, -0.1) is 0 Å². The Balaban J connectivity index is 3.34. The van der Waals surface area contributed by atoms with E-state index >= 15 is 0 Å². The lowest BCUT2D eigenvalue weighted by Crippen LogP contribution is -2.35. The van der Waals surface area contributed by atoms with Crippen LogP contribution in [0.4, 0.5) is 13.2 Å². The molecule has 1 heterocycles. The Morgan fingerprint density at radius 2 is 2.05 bits per heavy atom. The first-order valence-electron chi connectivity index (χ1n) is 4.79. The highest BCUT2D eigenvalue weighted by atomic mass is 19.4. The van der Waals surface area contributed by atoms with E-state index < -0.39 is 41.2 Å². The third-order valence-electron chi connectivity index (χ3n) is 2.20. The van der Waals surface area contributed by atoms with E-state index in [1.54, 1.807) is 0 Å². The van der Waals surface area contributed by atoms with E-state index in [1.807, 2.05) is 4.98 Å². The summed E-state index contributed by atoms with van der Waals surface area (Å²) >= 11 is 0. The minimum atomic E-state index is -5.03. The second kappa shape index (κ2) is 5.36. The maximum atomic E-state index is 12.6. The summed E-state index contributed by atoms with van der Waals surface area (Å²) in [6.07, 6.45) is -9.29. The third kappa shape index (κ3) is 3.09. The molecule has 0 spiro atoms. The van der Waals surface area contributed by atoms with E-state index in [0.717, 1.165) is 7.11 Å². The predicted molar refractivity (Wildman–Crippen MR) is 52.8 cm³/mol. The van der Waals surface area contributed by atoms with Crippen molar-refractivity contribution in [2.24, 2.45) is 0 Å². The number of methoxy groups -OCH3 is 1. The van der Waals surface area contributed by atoms with Crippen LogP contribution in [-0.2, 0) is 15.7 Å². The van der Waals surface area contributed by atoms with Gasteiger partial charge >= 0.3 is 12.1 Å². The summed E-state index contributed by atoms with van der Waals surface area (Å²) in [5.74, 6) is -1.39. The number of aliphatic hydroxyl groups is 2. The van der Waals surface area contributed by atoms with Crippen LogP contribution >= 0.6 is 0 Å². The Labute approximate surface area is 103 Å². The van der Waals surface area contributed by atoms with Crippen molar-refractivity contribution in [2.75, 3.05) is 7.11 Å². The number of hydrogen-bond acceptors (Lipinski definition) is 6. The molecule has 0 radical (unpaired) electrons. The lowest BCUT2D eigenvalue weighted by molar-refractivity contribution is -0.159. The Morgan fingerprint density at radius 3 is 2.53 bits per heavy atom. The Kier molecular flexibility index (Phi) is 4.27. The van der Waals surface area contributed by atoms with Crippen LogP contribution in [0.2, 0.25) is 0 Å². The molecule has 19 heavy (non-hydrogen) atoms. The first kappa shape index (κ1) is 15.1. The van der Waals surface area contributed by atoms with Gasteiger partial charge in [0.2, 0.25) is 0 Å². The highest BCUT2D eigenvalue weighted by molar-refractivity contribution is 5.75. The van der Waals surface area contributed by atoms with Gasteiger partial charge in [0.25, 0.3) is 5.56 Å². The van der Waals surface area contributed by atoms with Crippen molar-refractivity contribution in [1.29, 1.82) is 0 Å². The third-order valence-corrected chi connectivity index (χ3v) is 2.20. The molecule has 0 aliphatic rings. The number of aromatic nitrogens is 2. The lowest BCUT2D eigenvalue weighted by atomic mass is 10.0. The van der Waals surface area contributed by atoms with Crippen molar-refractivity contribution >= 4 is 5.97 Å². The maximum absolute atomic E-state index is 12.6. The number of carbonyl (C=O) groups excluding carboxylic acids is 1. The van der Waals surface area contributed by atoms with Crippen LogP contribution < -0.4 is 5.56 Å². The number of nitrogens with one attached hydrogen (secondary N) is 1. The van der Waals surface area contributed by atoms with Crippen molar-refractivity contribution in [1.82, 2.24) is 9.97 Å². The summed E-state index contributed by atoms with van der Waals surface area (Å²) in [4.78, 5) is 27.0. The fourth-order valence-electron chi connectivity index (χ4n) is 1.32. The molecule has 2 atom stereocenters. The van der Waals surface area contributed by atoms with Crippen LogP contribution in [0.3, 0.4) is 0 Å². The number of H-pyrrole nitrogens is 1. The zero-order chi connectivity index (χ0) is 14.8. The highest BCUT2D eigenvalue weighted by Crippen LogP contribution is 2.31. The molecule has 3 N–H and O–H groups in total. The minimum Gasteiger partial charge on any atom is -0.467 e. The fraction of sp³-hybridized carbons (Fsp3) is 0.444. The number of rotatable bonds is 3. The number of carbonyl (C=O) groups is 1. The van der Waals surface area contributed by atoms with Crippen LogP contribution in [-0.4, -0.2) is 39.4 Å². The van der Waals surface area contributed by atoms with Crippen LogP contribution in [0.5, 0.6) is 0 Å². The van der Waals surface area contributed by atoms with Crippen molar-refractivity contribution in [3.8, 4) is 0 Å². The van der Waals surface area contributed by atoms with Crippen molar-refractivity contribution < 1.29 is 32.9 Å². The van der Waals surface area contributed by atoms with Crippen LogP contribution in [0.25, 0.3) is 0 Å². The molecular formula is C9H9F3N2O5. The molecule has 2 unspecified atom stereocenters. The van der Waals surface area contributed by atoms with E-state index in [-0.39, 0.29) is 0 Å². The highest BCUT2D eigenvalue weighted by Gasteiger charge is 2.41. The van der Waals surface area contributed by atoms with Crippen molar-refractivity contribution in [2.45, 2.75) is 18.4 Å². The summed E-state index contributed by atoms with van der Waals surface area (Å²) in [5, 5.41) is 18.8. The van der Waals surface area contributed by atoms with Gasteiger partial charge < -0.3 is 19.9 Å². The Bertz CT molecular complexity index is 527. The van der Waals surface area contributed by atoms with Crippen LogP contribution in [0.15, 0.2) is 11.1 Å². The van der Waals surface area contributed by atoms with E-state index in [0.29, 0.717) is 6.33 Å². The smallest absolute Gasteiger partial charge is 0.433 e. The second-order valence-electron chi connectivity index (χ2n) is 3.40. The maximum Gasteiger partial charge on any atom is 0.433 e. The van der Waals surface area contributed by atoms with Gasteiger partial charge in [0.05, 0.1) is 19.0 Å². The molecule has 106 valence electrons. The van der Waals surface area contributed by atoms with Gasteiger partial charge in [-0.1, -0.05) is 0 Å². The predicted octanol–water partition coefficient (Wildman–Crippen LogP) is -0.644. The summed E-state index contributed by atoms with van der Waals surface area (Å²) in [5.41, 5.74) is -4.27. The first-order valence-corrected chi connectivity index (χ1v) is 4.79. The Hall–Kier alpha value is -1.94. The monoisotopic (exact) mass is 282 g/mol. The number of alkyl halides is 3. The molecule has 0 aliphatic heterocycles. The average Bonchev–Trinajstić information content (AvgIpc) is 2.34. The van der Waals surface area contributed by atoms with Gasteiger partial charge in [-0.2, -0.15) is 13.2 Å². The minimum absolute atomic E-state index is 0.492. The molecule has 0 saturated carbocycles. The molecule has 1 aromatic heterocycles. The molecule has 0 saturated heterocycles. The fourth-order valence-corrected chi connectivity index (χ4v) is 1.32. The number of ether oxygens (including phenoxy) is 1. The molecule has 1 rings (SSSR count). The SMILES string of the molecule is COC(=O)C(O)C(O)c1c(C(F)(F)F)nc[nH]c1=O. The molecule has 1 aromatic rings. The molecule has 0 bridgehead atoms. The van der Waals surface area contributed by atoms with E-state index in [4.69, 9.17) is 0 Å². The summed E-state index contributed by atoms with van der Waals surface area (Å²) in [6, 6.07) is 0. The molecule has 0 amide bonds. The number of nitrogens with zero attached hydrogens (tertiary/aromatic N) is 1. The molecule has 0 fully saturated rings. The molecular weight excluding hydrogens is 273 g/mol. The van der Waals surface area contributed by atoms with E-state index in [9.17, 15) is 33.0 Å². The van der Waals surface area contributed by atoms with Crippen molar-refractivity contribution in [3.05, 3.63) is 27.9 Å². The van der Waals surface area contributed by atoms with Crippen LogP contribution in [0, 0.1) is 0 Å². The van der Waals surface area contributed by atoms with E-state index in [1.165, 1.54) is 0 Å². The number of hydrogen-bond donors (Lipinski definition) is 3. The number of aromatic amines is 1. The second-order valence-corrected chi connectivity index (χ2v) is 3.40. The van der Waals surface area contributed by atoms with Gasteiger partial charge in [0.1, 0.15) is 6.10 Å². The quantitative estimate of drug-likeness (QED) is 0.635. The standard InChI is InChI=1S/C9H9F3N2O5/c1-19-8(18)5(16)4(15)3-6(9(10,11)12)13-2-14-7(3)17/h2,4-5,15-16H,1H3,(H,13,14,17). The first-order chi connectivity index (χ1) is 8.70. The molecule has 7 nitrogen and oxygen atoms in total. The number of aliphatic hydroxyl groups excluding tert-OH is 2. The normalized spacial score (nSPS) is 14.8. The van der Waals surface area contributed by atoms with Gasteiger partial charge in [-0.3, -0.25) is 4.79 Å². The largest absolute Gasteiger partial charge is 0.467 e. The summed E-state index contributed by atoms with van der Waals surface area (Å²) < 4.78 is 41.9. The van der Waals surface area contributed by atoms with Gasteiger partial charge in [0.15, 0.2) is 11.8 Å². The number of halogens is 3. The average molecular weight is 282 g/mol. The zero-order valence-electron chi connectivity index (χ0n) is 9.43.